The fourth-order valence-electron chi connectivity index (χ4n) is 2.47. The fraction of sp³-hybridized carbons (Fsp3) is 0.571. The largest absolute Gasteiger partial charge is 0.316 e. The predicted octanol–water partition coefficient (Wildman–Crippen LogP) is 1.97. The van der Waals surface area contributed by atoms with Gasteiger partial charge in [-0.1, -0.05) is 37.3 Å². The van der Waals surface area contributed by atoms with Gasteiger partial charge in [0.25, 0.3) is 0 Å². The van der Waals surface area contributed by atoms with Crippen LogP contribution in [0.1, 0.15) is 12.5 Å². The van der Waals surface area contributed by atoms with E-state index < -0.39 is 0 Å². The van der Waals surface area contributed by atoms with Crippen molar-refractivity contribution in [3.05, 3.63) is 35.9 Å². The summed E-state index contributed by atoms with van der Waals surface area (Å²) in [5.74, 6) is 1.63. The SMILES string of the molecule is C[C@@H]1CNC[C@H]1CN(C)Cc1ccccc1. The van der Waals surface area contributed by atoms with Gasteiger partial charge in [-0.25, -0.2) is 0 Å². The van der Waals surface area contributed by atoms with Crippen LogP contribution in [0.5, 0.6) is 0 Å². The van der Waals surface area contributed by atoms with E-state index in [1.165, 1.54) is 25.2 Å². The smallest absolute Gasteiger partial charge is 0.0230 e. The van der Waals surface area contributed by atoms with E-state index in [1.54, 1.807) is 0 Å². The lowest BCUT2D eigenvalue weighted by Crippen LogP contribution is -2.28. The van der Waals surface area contributed by atoms with Gasteiger partial charge in [0, 0.05) is 13.1 Å². The number of nitrogens with zero attached hydrogens (tertiary/aromatic N) is 1. The van der Waals surface area contributed by atoms with Crippen molar-refractivity contribution >= 4 is 0 Å². The second-order valence-electron chi connectivity index (χ2n) is 5.08. The Balaban J connectivity index is 1.82. The lowest BCUT2D eigenvalue weighted by Gasteiger charge is -2.23. The molecule has 0 saturated carbocycles. The van der Waals surface area contributed by atoms with Crippen LogP contribution in [-0.2, 0) is 6.54 Å². The molecule has 1 aromatic carbocycles. The van der Waals surface area contributed by atoms with Crippen LogP contribution < -0.4 is 5.32 Å². The van der Waals surface area contributed by atoms with Gasteiger partial charge in [0.2, 0.25) is 0 Å². The molecule has 16 heavy (non-hydrogen) atoms. The molecule has 1 N–H and O–H groups in total. The lowest BCUT2D eigenvalue weighted by atomic mass is 9.97. The van der Waals surface area contributed by atoms with Gasteiger partial charge >= 0.3 is 0 Å². The Hall–Kier alpha value is -0.860. The van der Waals surface area contributed by atoms with Crippen molar-refractivity contribution in [1.29, 1.82) is 0 Å². The Kier molecular flexibility index (Phi) is 3.97. The average Bonchev–Trinajstić information content (AvgIpc) is 2.66. The number of rotatable bonds is 4. The molecule has 1 fully saturated rings. The van der Waals surface area contributed by atoms with Gasteiger partial charge in [0.05, 0.1) is 0 Å². The van der Waals surface area contributed by atoms with Crippen molar-refractivity contribution in [2.75, 3.05) is 26.7 Å². The summed E-state index contributed by atoms with van der Waals surface area (Å²) in [7, 11) is 2.22. The molecule has 88 valence electrons. The Morgan fingerprint density at radius 1 is 1.25 bits per heavy atom. The Bertz CT molecular complexity index is 310. The van der Waals surface area contributed by atoms with E-state index >= 15 is 0 Å². The molecule has 0 aromatic heterocycles. The van der Waals surface area contributed by atoms with E-state index in [1.807, 2.05) is 0 Å². The minimum atomic E-state index is 0.814. The van der Waals surface area contributed by atoms with Crippen LogP contribution in [0.2, 0.25) is 0 Å². The zero-order valence-electron chi connectivity index (χ0n) is 10.3. The molecule has 1 saturated heterocycles. The van der Waals surface area contributed by atoms with Crippen LogP contribution in [0.15, 0.2) is 30.3 Å². The van der Waals surface area contributed by atoms with Crippen LogP contribution in [0.4, 0.5) is 0 Å². The second-order valence-corrected chi connectivity index (χ2v) is 5.08. The molecular weight excluding hydrogens is 196 g/mol. The Labute approximate surface area is 98.7 Å². The third-order valence-corrected chi connectivity index (χ3v) is 3.52. The van der Waals surface area contributed by atoms with Gasteiger partial charge in [-0.15, -0.1) is 0 Å². The van der Waals surface area contributed by atoms with E-state index in [2.05, 4.69) is 54.5 Å². The minimum Gasteiger partial charge on any atom is -0.316 e. The van der Waals surface area contributed by atoms with Gasteiger partial charge < -0.3 is 10.2 Å². The maximum Gasteiger partial charge on any atom is 0.0230 e. The van der Waals surface area contributed by atoms with E-state index in [9.17, 15) is 0 Å². The normalized spacial score (nSPS) is 25.2. The predicted molar refractivity (Wildman–Crippen MR) is 68.3 cm³/mol. The highest BCUT2D eigenvalue weighted by molar-refractivity contribution is 5.14. The average molecular weight is 218 g/mol. The monoisotopic (exact) mass is 218 g/mol. The first-order valence-electron chi connectivity index (χ1n) is 6.19. The highest BCUT2D eigenvalue weighted by atomic mass is 15.1. The first kappa shape index (κ1) is 11.6. The van der Waals surface area contributed by atoms with Crippen molar-refractivity contribution < 1.29 is 0 Å². The highest BCUT2D eigenvalue weighted by Crippen LogP contribution is 2.17. The van der Waals surface area contributed by atoms with Crippen LogP contribution in [0, 0.1) is 11.8 Å². The summed E-state index contributed by atoms with van der Waals surface area (Å²) in [5, 5.41) is 3.46. The lowest BCUT2D eigenvalue weighted by molar-refractivity contribution is 0.252. The molecule has 0 amide bonds. The van der Waals surface area contributed by atoms with Crippen molar-refractivity contribution in [1.82, 2.24) is 10.2 Å². The zero-order chi connectivity index (χ0) is 11.4. The van der Waals surface area contributed by atoms with Crippen molar-refractivity contribution in [2.45, 2.75) is 13.5 Å². The molecule has 0 aliphatic carbocycles. The maximum absolute atomic E-state index is 3.46. The molecule has 1 aromatic rings. The van der Waals surface area contributed by atoms with Gasteiger partial charge in [0.15, 0.2) is 0 Å². The van der Waals surface area contributed by atoms with E-state index in [0.717, 1.165) is 18.4 Å². The molecule has 2 atom stereocenters. The molecule has 2 rings (SSSR count). The van der Waals surface area contributed by atoms with E-state index in [4.69, 9.17) is 0 Å². The van der Waals surface area contributed by atoms with Crippen LogP contribution in [0.25, 0.3) is 0 Å². The summed E-state index contributed by atoms with van der Waals surface area (Å²) in [6.45, 7) is 6.97. The molecule has 2 heteroatoms. The first-order chi connectivity index (χ1) is 7.75. The van der Waals surface area contributed by atoms with Gasteiger partial charge in [0.1, 0.15) is 0 Å². The quantitative estimate of drug-likeness (QED) is 0.831. The van der Waals surface area contributed by atoms with Gasteiger partial charge in [-0.05, 0) is 37.5 Å². The van der Waals surface area contributed by atoms with Gasteiger partial charge in [-0.3, -0.25) is 0 Å². The van der Waals surface area contributed by atoms with Crippen LogP contribution >= 0.6 is 0 Å². The fourth-order valence-corrected chi connectivity index (χ4v) is 2.47. The summed E-state index contributed by atoms with van der Waals surface area (Å²) in [5.41, 5.74) is 1.41. The summed E-state index contributed by atoms with van der Waals surface area (Å²) in [6, 6.07) is 10.7. The number of nitrogens with one attached hydrogen (secondary N) is 1. The van der Waals surface area contributed by atoms with Crippen LogP contribution in [-0.4, -0.2) is 31.6 Å². The zero-order valence-corrected chi connectivity index (χ0v) is 10.3. The maximum atomic E-state index is 3.46. The van der Waals surface area contributed by atoms with Gasteiger partial charge in [-0.2, -0.15) is 0 Å². The third kappa shape index (κ3) is 3.06. The molecule has 1 aliphatic heterocycles. The van der Waals surface area contributed by atoms with Crippen molar-refractivity contribution in [3.8, 4) is 0 Å². The number of hydrogen-bond donors (Lipinski definition) is 1. The van der Waals surface area contributed by atoms with Crippen molar-refractivity contribution in [3.63, 3.8) is 0 Å². The molecule has 0 radical (unpaired) electrons. The molecule has 0 unspecified atom stereocenters. The van der Waals surface area contributed by atoms with Crippen molar-refractivity contribution in [2.24, 2.45) is 11.8 Å². The van der Waals surface area contributed by atoms with Crippen LogP contribution in [0.3, 0.4) is 0 Å². The van der Waals surface area contributed by atoms with E-state index in [0.29, 0.717) is 0 Å². The second kappa shape index (κ2) is 5.46. The number of benzene rings is 1. The minimum absolute atomic E-state index is 0.814. The van der Waals surface area contributed by atoms with E-state index in [-0.39, 0.29) is 0 Å². The summed E-state index contributed by atoms with van der Waals surface area (Å²) in [4.78, 5) is 2.43. The summed E-state index contributed by atoms with van der Waals surface area (Å²) < 4.78 is 0. The molecule has 0 bridgehead atoms. The molecule has 0 spiro atoms. The molecule has 2 nitrogen and oxygen atoms in total. The first-order valence-corrected chi connectivity index (χ1v) is 6.19. The highest BCUT2D eigenvalue weighted by Gasteiger charge is 2.23. The molecule has 1 heterocycles. The standard InChI is InChI=1S/C14H22N2/c1-12-8-15-9-14(12)11-16(2)10-13-6-4-3-5-7-13/h3-7,12,14-15H,8-11H2,1-2H3/t12-,14+/m1/s1. The number of hydrogen-bond acceptors (Lipinski definition) is 2. The summed E-state index contributed by atoms with van der Waals surface area (Å²) >= 11 is 0. The topological polar surface area (TPSA) is 15.3 Å². The Morgan fingerprint density at radius 3 is 2.62 bits per heavy atom. The third-order valence-electron chi connectivity index (χ3n) is 3.52. The molecular formula is C14H22N2. The molecule has 1 aliphatic rings. The summed E-state index contributed by atoms with van der Waals surface area (Å²) in [6.07, 6.45) is 0. The Morgan fingerprint density at radius 2 is 2.00 bits per heavy atom.